The molecule has 118 valence electrons. The molecule has 0 amide bonds. The van der Waals surface area contributed by atoms with Crippen LogP contribution in [0.25, 0.3) is 0 Å². The highest BCUT2D eigenvalue weighted by Gasteiger charge is 2.22. The molecule has 0 aliphatic heterocycles. The van der Waals surface area contributed by atoms with E-state index in [-0.39, 0.29) is 16.2 Å². The smallest absolute Gasteiger partial charge is 0.335 e. The van der Waals surface area contributed by atoms with Crippen LogP contribution in [0, 0.1) is 13.8 Å². The van der Waals surface area contributed by atoms with Crippen LogP contribution < -0.4 is 4.72 Å². The number of benzene rings is 1. The molecule has 2 unspecified atom stereocenters. The second-order valence-electron chi connectivity index (χ2n) is 5.00. The van der Waals surface area contributed by atoms with E-state index < -0.39 is 32.8 Å². The first-order valence-corrected chi connectivity index (χ1v) is 9.42. The van der Waals surface area contributed by atoms with Crippen molar-refractivity contribution in [2.75, 3.05) is 12.0 Å². The van der Waals surface area contributed by atoms with E-state index in [0.29, 0.717) is 11.1 Å². The molecule has 0 bridgehead atoms. The molecule has 0 spiro atoms. The van der Waals surface area contributed by atoms with Gasteiger partial charge >= 0.3 is 5.97 Å². The van der Waals surface area contributed by atoms with Gasteiger partial charge in [-0.2, -0.15) is 0 Å². The van der Waals surface area contributed by atoms with E-state index in [2.05, 4.69) is 4.72 Å². The Morgan fingerprint density at radius 3 is 2.38 bits per heavy atom. The lowest BCUT2D eigenvalue weighted by Crippen LogP contribution is -2.36. The fraction of sp³-hybridized carbons (Fsp3) is 0.462. The zero-order chi connectivity index (χ0) is 16.4. The quantitative estimate of drug-likeness (QED) is 0.810. The van der Waals surface area contributed by atoms with Crippen molar-refractivity contribution in [2.45, 2.75) is 31.7 Å². The molecule has 1 aromatic rings. The predicted molar refractivity (Wildman–Crippen MR) is 81.6 cm³/mol. The van der Waals surface area contributed by atoms with Gasteiger partial charge in [0.15, 0.2) is 0 Å². The second kappa shape index (κ2) is 6.67. The number of sulfonamides is 1. The predicted octanol–water partition coefficient (Wildman–Crippen LogP) is 1.05. The van der Waals surface area contributed by atoms with Gasteiger partial charge in [-0.05, 0) is 38.0 Å². The minimum atomic E-state index is -3.86. The third-order valence-corrected chi connectivity index (χ3v) is 5.58. The summed E-state index contributed by atoms with van der Waals surface area (Å²) in [7, 11) is -4.98. The van der Waals surface area contributed by atoms with Crippen LogP contribution in [-0.2, 0) is 20.8 Å². The number of carbonyl (C=O) groups is 1. The number of rotatable bonds is 6. The van der Waals surface area contributed by atoms with Gasteiger partial charge in [-0.1, -0.05) is 6.07 Å². The van der Waals surface area contributed by atoms with Crippen LogP contribution in [0.1, 0.15) is 28.4 Å². The van der Waals surface area contributed by atoms with Gasteiger partial charge in [0.25, 0.3) is 0 Å². The SMILES string of the molecule is Cc1cc(C)c(S(=O)(=O)NC(C)CS(C)=O)cc1C(=O)O. The Bertz CT molecular complexity index is 682. The van der Waals surface area contributed by atoms with E-state index in [9.17, 15) is 17.4 Å². The zero-order valence-corrected chi connectivity index (χ0v) is 14.0. The number of carboxylic acids is 1. The van der Waals surface area contributed by atoms with Crippen molar-refractivity contribution in [3.05, 3.63) is 28.8 Å². The van der Waals surface area contributed by atoms with Gasteiger partial charge < -0.3 is 5.11 Å². The van der Waals surface area contributed by atoms with E-state index in [1.54, 1.807) is 20.8 Å². The molecule has 0 saturated heterocycles. The van der Waals surface area contributed by atoms with Crippen molar-refractivity contribution in [1.29, 1.82) is 0 Å². The largest absolute Gasteiger partial charge is 0.478 e. The lowest BCUT2D eigenvalue weighted by atomic mass is 10.1. The summed E-state index contributed by atoms with van der Waals surface area (Å²) >= 11 is 0. The molecular weight excluding hydrogens is 314 g/mol. The molecule has 2 N–H and O–H groups in total. The van der Waals surface area contributed by atoms with Crippen LogP contribution in [0.3, 0.4) is 0 Å². The van der Waals surface area contributed by atoms with Crippen molar-refractivity contribution < 1.29 is 22.5 Å². The summed E-state index contributed by atoms with van der Waals surface area (Å²) in [5, 5.41) is 9.09. The Labute approximate surface area is 127 Å². The summed E-state index contributed by atoms with van der Waals surface area (Å²) in [5.41, 5.74) is 0.921. The number of hydrogen-bond donors (Lipinski definition) is 2. The first-order valence-electron chi connectivity index (χ1n) is 6.21. The fourth-order valence-electron chi connectivity index (χ4n) is 2.07. The van der Waals surface area contributed by atoms with Gasteiger partial charge in [-0.3, -0.25) is 4.21 Å². The van der Waals surface area contributed by atoms with Gasteiger partial charge in [-0.15, -0.1) is 0 Å². The normalized spacial score (nSPS) is 14.7. The first-order chi connectivity index (χ1) is 9.54. The summed E-state index contributed by atoms with van der Waals surface area (Å²) in [5.74, 6) is -0.984. The lowest BCUT2D eigenvalue weighted by Gasteiger charge is -2.15. The van der Waals surface area contributed by atoms with E-state index in [1.807, 2.05) is 0 Å². The Morgan fingerprint density at radius 1 is 1.33 bits per heavy atom. The number of hydrogen-bond acceptors (Lipinski definition) is 4. The molecule has 0 aliphatic carbocycles. The maximum atomic E-state index is 12.3. The third-order valence-electron chi connectivity index (χ3n) is 2.88. The Kier molecular flexibility index (Phi) is 5.66. The Hall–Kier alpha value is -1.25. The number of aromatic carboxylic acids is 1. The summed E-state index contributed by atoms with van der Waals surface area (Å²) in [6, 6.07) is 2.18. The number of carboxylic acid groups (broad SMARTS) is 1. The average Bonchev–Trinajstić information content (AvgIpc) is 2.25. The highest BCUT2D eigenvalue weighted by Crippen LogP contribution is 2.21. The highest BCUT2D eigenvalue weighted by molar-refractivity contribution is 7.89. The van der Waals surface area contributed by atoms with Crippen molar-refractivity contribution in [3.63, 3.8) is 0 Å². The van der Waals surface area contributed by atoms with Gasteiger partial charge in [0.2, 0.25) is 10.0 Å². The van der Waals surface area contributed by atoms with Gasteiger partial charge in [-0.25, -0.2) is 17.9 Å². The lowest BCUT2D eigenvalue weighted by molar-refractivity contribution is 0.0696. The van der Waals surface area contributed by atoms with Crippen molar-refractivity contribution in [2.24, 2.45) is 0 Å². The second-order valence-corrected chi connectivity index (χ2v) is 8.16. The van der Waals surface area contributed by atoms with E-state index >= 15 is 0 Å². The maximum absolute atomic E-state index is 12.3. The van der Waals surface area contributed by atoms with Crippen molar-refractivity contribution in [3.8, 4) is 0 Å². The molecule has 0 radical (unpaired) electrons. The summed E-state index contributed by atoms with van der Waals surface area (Å²) < 4.78 is 38.2. The van der Waals surface area contributed by atoms with Gasteiger partial charge in [0, 0.05) is 28.9 Å². The fourth-order valence-corrected chi connectivity index (χ4v) is 4.46. The van der Waals surface area contributed by atoms with Crippen molar-refractivity contribution >= 4 is 26.8 Å². The minimum Gasteiger partial charge on any atom is -0.478 e. The van der Waals surface area contributed by atoms with E-state index in [0.717, 1.165) is 6.07 Å². The molecule has 0 fully saturated rings. The zero-order valence-electron chi connectivity index (χ0n) is 12.3. The number of nitrogens with one attached hydrogen (secondary N) is 1. The van der Waals surface area contributed by atoms with Crippen LogP contribution in [0.2, 0.25) is 0 Å². The van der Waals surface area contributed by atoms with Crippen LogP contribution in [0.15, 0.2) is 17.0 Å². The van der Waals surface area contributed by atoms with Crippen LogP contribution in [0.5, 0.6) is 0 Å². The molecule has 21 heavy (non-hydrogen) atoms. The highest BCUT2D eigenvalue weighted by atomic mass is 32.2. The van der Waals surface area contributed by atoms with Gasteiger partial charge in [0.1, 0.15) is 0 Å². The number of aryl methyl sites for hydroxylation is 2. The molecule has 6 nitrogen and oxygen atoms in total. The van der Waals surface area contributed by atoms with Crippen LogP contribution in [-0.4, -0.2) is 41.8 Å². The Morgan fingerprint density at radius 2 is 1.90 bits per heavy atom. The molecular formula is C13H19NO5S2. The first kappa shape index (κ1) is 17.8. The Balaban J connectivity index is 3.22. The topological polar surface area (TPSA) is 101 Å². The average molecular weight is 333 g/mol. The summed E-state index contributed by atoms with van der Waals surface area (Å²) in [6.07, 6.45) is 1.49. The van der Waals surface area contributed by atoms with Gasteiger partial charge in [0.05, 0.1) is 10.5 Å². The maximum Gasteiger partial charge on any atom is 0.335 e. The molecule has 0 saturated carbocycles. The summed E-state index contributed by atoms with van der Waals surface area (Å²) in [4.78, 5) is 11.1. The molecule has 1 rings (SSSR count). The minimum absolute atomic E-state index is 0.0484. The third kappa shape index (κ3) is 4.62. The molecule has 0 aliphatic rings. The summed E-state index contributed by atoms with van der Waals surface area (Å²) in [6.45, 7) is 4.83. The molecule has 1 aromatic carbocycles. The molecule has 0 heterocycles. The molecule has 8 heteroatoms. The molecule has 2 atom stereocenters. The van der Waals surface area contributed by atoms with Crippen molar-refractivity contribution in [1.82, 2.24) is 4.72 Å². The van der Waals surface area contributed by atoms with E-state index in [4.69, 9.17) is 5.11 Å². The van der Waals surface area contributed by atoms with Crippen LogP contribution in [0.4, 0.5) is 0 Å². The monoisotopic (exact) mass is 333 g/mol. The van der Waals surface area contributed by atoms with Crippen LogP contribution >= 0.6 is 0 Å². The van der Waals surface area contributed by atoms with E-state index in [1.165, 1.54) is 12.3 Å². The standard InChI is InChI=1S/C13H19NO5S2/c1-8-5-9(2)12(6-11(8)13(15)16)21(18,19)14-10(3)7-20(4)17/h5-6,10,14H,7H2,1-4H3,(H,15,16). The molecule has 0 aromatic heterocycles.